The Balaban J connectivity index is 1.52. The topological polar surface area (TPSA) is 71.3 Å². The van der Waals surface area contributed by atoms with Gasteiger partial charge in [-0.25, -0.2) is 0 Å². The maximum Gasteiger partial charge on any atom is 0.276 e. The Morgan fingerprint density at radius 3 is 3.09 bits per heavy atom. The highest BCUT2D eigenvalue weighted by Gasteiger charge is 2.32. The van der Waals surface area contributed by atoms with Crippen LogP contribution in [0.1, 0.15) is 29.8 Å². The first-order valence-electron chi connectivity index (χ1n) is 7.72. The van der Waals surface area contributed by atoms with Gasteiger partial charge < -0.3 is 14.7 Å². The van der Waals surface area contributed by atoms with Crippen LogP contribution in [0.3, 0.4) is 0 Å². The molecule has 1 N–H and O–H groups in total. The number of carbonyl (C=O) groups excluding carboxylic acids is 1. The lowest BCUT2D eigenvalue weighted by Crippen LogP contribution is -2.39. The van der Waals surface area contributed by atoms with Crippen molar-refractivity contribution in [3.8, 4) is 11.3 Å². The van der Waals surface area contributed by atoms with Gasteiger partial charge in [0.15, 0.2) is 11.5 Å². The minimum atomic E-state index is -0.0479. The van der Waals surface area contributed by atoms with Crippen LogP contribution < -0.4 is 5.32 Å². The quantitative estimate of drug-likeness (QED) is 0.913. The fraction of sp³-hybridized carbons (Fsp3) is 0.438. The fourth-order valence-electron chi connectivity index (χ4n) is 3.31. The molecule has 4 rings (SSSR count). The van der Waals surface area contributed by atoms with Gasteiger partial charge in [-0.2, -0.15) is 0 Å². The molecule has 2 aliphatic rings. The average molecular weight is 298 g/mol. The number of carbonyl (C=O) groups is 1. The summed E-state index contributed by atoms with van der Waals surface area (Å²) in [5.41, 5.74) is 1.20. The van der Waals surface area contributed by atoms with Crippen molar-refractivity contribution in [1.82, 2.24) is 20.4 Å². The van der Waals surface area contributed by atoms with E-state index < -0.39 is 0 Å². The van der Waals surface area contributed by atoms with Crippen LogP contribution in [0.15, 0.2) is 35.1 Å². The summed E-state index contributed by atoms with van der Waals surface area (Å²) in [7, 11) is 0. The van der Waals surface area contributed by atoms with E-state index in [2.05, 4.69) is 15.5 Å². The Morgan fingerprint density at radius 2 is 2.23 bits per heavy atom. The zero-order valence-corrected chi connectivity index (χ0v) is 12.2. The van der Waals surface area contributed by atoms with E-state index >= 15 is 0 Å². The maximum absolute atomic E-state index is 12.6. The molecule has 6 nitrogen and oxygen atoms in total. The van der Waals surface area contributed by atoms with E-state index in [4.69, 9.17) is 4.52 Å². The van der Waals surface area contributed by atoms with Gasteiger partial charge in [0.25, 0.3) is 5.91 Å². The van der Waals surface area contributed by atoms with E-state index in [-0.39, 0.29) is 5.91 Å². The number of aromatic nitrogens is 2. The number of nitrogens with one attached hydrogen (secondary N) is 1. The number of fused-ring (bicyclic) bond motifs is 2. The highest BCUT2D eigenvalue weighted by Crippen LogP contribution is 2.23. The smallest absolute Gasteiger partial charge is 0.276 e. The molecule has 2 saturated heterocycles. The highest BCUT2D eigenvalue weighted by molar-refractivity contribution is 5.93. The van der Waals surface area contributed by atoms with Crippen LogP contribution >= 0.6 is 0 Å². The highest BCUT2D eigenvalue weighted by atomic mass is 16.5. The van der Waals surface area contributed by atoms with E-state index in [0.717, 1.165) is 31.5 Å². The van der Waals surface area contributed by atoms with Gasteiger partial charge in [-0.1, -0.05) is 5.16 Å². The molecule has 0 saturated carbocycles. The van der Waals surface area contributed by atoms with Crippen molar-refractivity contribution in [3.05, 3.63) is 36.3 Å². The van der Waals surface area contributed by atoms with Gasteiger partial charge in [-0.05, 0) is 31.4 Å². The molecular formula is C16H18N4O2. The van der Waals surface area contributed by atoms with Crippen molar-refractivity contribution >= 4 is 5.91 Å². The zero-order valence-electron chi connectivity index (χ0n) is 12.2. The van der Waals surface area contributed by atoms with Crippen LogP contribution in [0.4, 0.5) is 0 Å². The summed E-state index contributed by atoms with van der Waals surface area (Å²) in [6.07, 6.45) is 6.78. The molecule has 4 heterocycles. The fourth-order valence-corrected chi connectivity index (χ4v) is 3.31. The summed E-state index contributed by atoms with van der Waals surface area (Å²) < 4.78 is 5.30. The third kappa shape index (κ3) is 2.50. The van der Waals surface area contributed by atoms with E-state index in [0.29, 0.717) is 23.5 Å². The molecule has 2 aromatic rings. The van der Waals surface area contributed by atoms with E-state index in [1.807, 2.05) is 17.0 Å². The second-order valence-corrected chi connectivity index (χ2v) is 6.00. The van der Waals surface area contributed by atoms with Gasteiger partial charge in [-0.3, -0.25) is 9.78 Å². The Hall–Kier alpha value is -2.21. The molecule has 0 aromatic carbocycles. The lowest BCUT2D eigenvalue weighted by Gasteiger charge is -2.23. The van der Waals surface area contributed by atoms with Crippen molar-refractivity contribution < 1.29 is 9.32 Å². The summed E-state index contributed by atoms with van der Waals surface area (Å²) in [4.78, 5) is 18.6. The second kappa shape index (κ2) is 5.53. The summed E-state index contributed by atoms with van der Waals surface area (Å²) in [5, 5.41) is 7.52. The van der Waals surface area contributed by atoms with E-state index in [1.54, 1.807) is 18.5 Å². The van der Waals surface area contributed by atoms with Gasteiger partial charge >= 0.3 is 0 Å². The first-order chi connectivity index (χ1) is 10.8. The van der Waals surface area contributed by atoms with Gasteiger partial charge in [0.2, 0.25) is 0 Å². The van der Waals surface area contributed by atoms with Crippen molar-refractivity contribution in [2.75, 3.05) is 13.1 Å². The van der Waals surface area contributed by atoms with Crippen molar-refractivity contribution in [2.24, 2.45) is 0 Å². The molecular weight excluding hydrogens is 280 g/mol. The molecule has 22 heavy (non-hydrogen) atoms. The van der Waals surface area contributed by atoms with Crippen LogP contribution in [0.5, 0.6) is 0 Å². The Kier molecular flexibility index (Phi) is 3.38. The van der Waals surface area contributed by atoms with Gasteiger partial charge in [0.05, 0.1) is 0 Å². The largest absolute Gasteiger partial charge is 0.355 e. The molecule has 2 bridgehead atoms. The second-order valence-electron chi connectivity index (χ2n) is 6.00. The summed E-state index contributed by atoms with van der Waals surface area (Å²) in [6.45, 7) is 1.53. The first-order valence-corrected chi connectivity index (χ1v) is 7.72. The van der Waals surface area contributed by atoms with Crippen molar-refractivity contribution in [1.29, 1.82) is 0 Å². The maximum atomic E-state index is 12.6. The van der Waals surface area contributed by atoms with Crippen LogP contribution in [-0.4, -0.2) is 46.1 Å². The minimum absolute atomic E-state index is 0.0479. The molecule has 1 amide bonds. The van der Waals surface area contributed by atoms with Crippen molar-refractivity contribution in [2.45, 2.75) is 31.3 Å². The van der Waals surface area contributed by atoms with E-state index in [9.17, 15) is 4.79 Å². The van der Waals surface area contributed by atoms with Crippen molar-refractivity contribution in [3.63, 3.8) is 0 Å². The molecule has 114 valence electrons. The first kappa shape index (κ1) is 13.5. The number of nitrogens with zero attached hydrogens (tertiary/aromatic N) is 3. The summed E-state index contributed by atoms with van der Waals surface area (Å²) in [6, 6.07) is 6.40. The van der Waals surface area contributed by atoms with Crippen LogP contribution in [0.2, 0.25) is 0 Å². The third-order valence-electron chi connectivity index (χ3n) is 4.49. The number of amides is 1. The predicted octanol–water partition coefficient (Wildman–Crippen LogP) is 1.70. The monoisotopic (exact) mass is 298 g/mol. The molecule has 0 radical (unpaired) electrons. The van der Waals surface area contributed by atoms with Crippen LogP contribution in [0, 0.1) is 0 Å². The normalized spacial score (nSPS) is 24.3. The molecule has 2 unspecified atom stereocenters. The van der Waals surface area contributed by atoms with Gasteiger partial charge in [0.1, 0.15) is 0 Å². The SMILES string of the molecule is O=C(c1cc(-c2cccnc2)on1)N1CCC2CCC(C1)N2. The zero-order chi connectivity index (χ0) is 14.9. The molecule has 0 aliphatic carbocycles. The average Bonchev–Trinajstić information content (AvgIpc) is 3.14. The number of pyridine rings is 1. The molecule has 0 spiro atoms. The summed E-state index contributed by atoms with van der Waals surface area (Å²) >= 11 is 0. The van der Waals surface area contributed by atoms with Gasteiger partial charge in [-0.15, -0.1) is 0 Å². The Labute approximate surface area is 128 Å². The third-order valence-corrected chi connectivity index (χ3v) is 4.49. The standard InChI is InChI=1S/C16H18N4O2/c21-16(20-7-5-12-3-4-13(10-20)18-12)14-8-15(22-19-14)11-2-1-6-17-9-11/h1-2,6,8-9,12-13,18H,3-5,7,10H2. The molecule has 6 heteroatoms. The molecule has 2 aliphatic heterocycles. The lowest BCUT2D eigenvalue weighted by atomic mass is 10.1. The van der Waals surface area contributed by atoms with Gasteiger partial charge in [0, 0.05) is 49.2 Å². The van der Waals surface area contributed by atoms with Crippen LogP contribution in [0.25, 0.3) is 11.3 Å². The molecule has 2 atom stereocenters. The van der Waals surface area contributed by atoms with Crippen LogP contribution in [-0.2, 0) is 0 Å². The molecule has 2 fully saturated rings. The lowest BCUT2D eigenvalue weighted by molar-refractivity contribution is 0.0738. The predicted molar refractivity (Wildman–Crippen MR) is 80.2 cm³/mol. The minimum Gasteiger partial charge on any atom is -0.355 e. The van der Waals surface area contributed by atoms with E-state index in [1.165, 1.54) is 6.42 Å². The summed E-state index contributed by atoms with van der Waals surface area (Å²) in [5.74, 6) is 0.527. The number of rotatable bonds is 2. The number of hydrogen-bond acceptors (Lipinski definition) is 5. The number of hydrogen-bond donors (Lipinski definition) is 1. The number of likely N-dealkylation sites (tertiary alicyclic amines) is 1. The Bertz CT molecular complexity index is 670. The Morgan fingerprint density at radius 1 is 1.32 bits per heavy atom. The molecule has 2 aromatic heterocycles.